The molecule has 2 heterocycles. The van der Waals surface area contributed by atoms with Gasteiger partial charge in [0.05, 0.1) is 12.2 Å². The van der Waals surface area contributed by atoms with Gasteiger partial charge >= 0.3 is 0 Å². The molecule has 0 radical (unpaired) electrons. The summed E-state index contributed by atoms with van der Waals surface area (Å²) < 4.78 is 26.8. The third-order valence-corrected chi connectivity index (χ3v) is 11.1. The van der Waals surface area contributed by atoms with Gasteiger partial charge in [0, 0.05) is 12.3 Å². The largest absolute Gasteiger partial charge is 0.327 e. The van der Waals surface area contributed by atoms with E-state index in [9.17, 15) is 0 Å². The molecular formula is C32H32O4P2. The minimum Gasteiger partial charge on any atom is -0.327 e. The maximum atomic E-state index is 6.88. The quantitative estimate of drug-likeness (QED) is 0.220. The average molecular weight is 543 g/mol. The lowest BCUT2D eigenvalue weighted by molar-refractivity contribution is 0.0856. The number of hydrogen-bond acceptors (Lipinski definition) is 4. The van der Waals surface area contributed by atoms with Crippen molar-refractivity contribution in [1.82, 2.24) is 0 Å². The second-order valence-electron chi connectivity index (χ2n) is 9.73. The summed E-state index contributed by atoms with van der Waals surface area (Å²) in [4.78, 5) is 0. The van der Waals surface area contributed by atoms with Gasteiger partial charge in [-0.1, -0.05) is 121 Å². The first kappa shape index (κ1) is 25.8. The SMILES string of the molecule is C[C@@H]1O[P@@](CC[P@]2O[C@@H](C)C(c3ccccc3)(c3ccccc3)O2)OC1(c1ccccc1)c1ccccc1. The summed E-state index contributed by atoms with van der Waals surface area (Å²) in [5.41, 5.74) is 3.19. The fourth-order valence-corrected chi connectivity index (χ4v) is 9.75. The van der Waals surface area contributed by atoms with Crippen LogP contribution < -0.4 is 0 Å². The molecule has 0 aliphatic carbocycles. The smallest absolute Gasteiger partial charge is 0.172 e. The van der Waals surface area contributed by atoms with Crippen LogP contribution in [0.5, 0.6) is 0 Å². The van der Waals surface area contributed by atoms with Crippen molar-refractivity contribution in [3.05, 3.63) is 144 Å². The van der Waals surface area contributed by atoms with Gasteiger partial charge in [-0.3, -0.25) is 0 Å². The Kier molecular flexibility index (Phi) is 7.47. The molecule has 2 aliphatic rings. The van der Waals surface area contributed by atoms with Crippen molar-refractivity contribution in [3.8, 4) is 0 Å². The van der Waals surface area contributed by atoms with Crippen LogP contribution in [0.2, 0.25) is 0 Å². The Morgan fingerprint density at radius 3 is 1.00 bits per heavy atom. The maximum Gasteiger partial charge on any atom is 0.172 e. The van der Waals surface area contributed by atoms with Gasteiger partial charge in [-0.2, -0.15) is 0 Å². The Morgan fingerprint density at radius 1 is 0.474 bits per heavy atom. The monoisotopic (exact) mass is 542 g/mol. The standard InChI is InChI=1S/C32H32O4P2/c1-25-31(27-15-7-3-8-16-27,28-17-9-4-10-18-28)35-37(33-25)23-24-38-34-26(2)32(36-38,29-19-11-5-12-20-29)30-21-13-6-14-22-30/h3-22,25-26H,23-24H2,1-2H3/t25-,26-,37+,38+/m0/s1. The summed E-state index contributed by atoms with van der Waals surface area (Å²) in [6.07, 6.45) is 1.25. The van der Waals surface area contributed by atoms with Crippen LogP contribution in [0, 0.1) is 0 Å². The molecule has 0 N–H and O–H groups in total. The summed E-state index contributed by atoms with van der Waals surface area (Å²) in [7, 11) is -2.27. The lowest BCUT2D eigenvalue weighted by Gasteiger charge is -2.32. The van der Waals surface area contributed by atoms with Crippen molar-refractivity contribution in [1.29, 1.82) is 0 Å². The summed E-state index contributed by atoms with van der Waals surface area (Å²) in [5.74, 6) is 0. The highest BCUT2D eigenvalue weighted by atomic mass is 31.2. The van der Waals surface area contributed by atoms with Crippen LogP contribution in [0.4, 0.5) is 0 Å². The van der Waals surface area contributed by atoms with E-state index < -0.39 is 28.0 Å². The predicted octanol–water partition coefficient (Wildman–Crippen LogP) is 8.37. The van der Waals surface area contributed by atoms with Gasteiger partial charge in [0.15, 0.2) is 28.0 Å². The van der Waals surface area contributed by atoms with E-state index >= 15 is 0 Å². The fraction of sp³-hybridized carbons (Fsp3) is 0.250. The minimum absolute atomic E-state index is 0.122. The highest BCUT2D eigenvalue weighted by Gasteiger charge is 2.53. The van der Waals surface area contributed by atoms with E-state index in [1.54, 1.807) is 0 Å². The summed E-state index contributed by atoms with van der Waals surface area (Å²) in [6, 6.07) is 41.7. The van der Waals surface area contributed by atoms with Gasteiger partial charge in [0.25, 0.3) is 0 Å². The van der Waals surface area contributed by atoms with Gasteiger partial charge in [0.2, 0.25) is 0 Å². The first-order chi connectivity index (χ1) is 18.6. The zero-order valence-electron chi connectivity index (χ0n) is 21.6. The molecule has 4 aromatic rings. The van der Waals surface area contributed by atoms with E-state index in [-0.39, 0.29) is 12.2 Å². The average Bonchev–Trinajstić information content (AvgIpc) is 3.51. The molecule has 4 nitrogen and oxygen atoms in total. The van der Waals surface area contributed by atoms with E-state index in [4.69, 9.17) is 18.1 Å². The van der Waals surface area contributed by atoms with Crippen LogP contribution in [0.15, 0.2) is 121 Å². The lowest BCUT2D eigenvalue weighted by Crippen LogP contribution is -2.36. The lowest BCUT2D eigenvalue weighted by atomic mass is 9.82. The maximum absolute atomic E-state index is 6.88. The van der Waals surface area contributed by atoms with Crippen molar-refractivity contribution in [3.63, 3.8) is 0 Å². The van der Waals surface area contributed by atoms with E-state index in [1.165, 1.54) is 0 Å². The third kappa shape index (κ3) is 4.54. The Hall–Kier alpha value is -2.42. The molecule has 6 rings (SSSR count). The molecule has 4 aromatic carbocycles. The molecule has 2 fully saturated rings. The summed E-state index contributed by atoms with van der Waals surface area (Å²) >= 11 is 0. The van der Waals surface area contributed by atoms with Gasteiger partial charge < -0.3 is 18.1 Å². The van der Waals surface area contributed by atoms with Crippen molar-refractivity contribution < 1.29 is 18.1 Å². The van der Waals surface area contributed by atoms with E-state index in [2.05, 4.69) is 111 Å². The Labute approximate surface area is 227 Å². The Bertz CT molecular complexity index is 1140. The minimum atomic E-state index is -1.13. The van der Waals surface area contributed by atoms with Crippen LogP contribution in [-0.4, -0.2) is 24.5 Å². The van der Waals surface area contributed by atoms with Crippen LogP contribution >= 0.6 is 16.8 Å². The summed E-state index contributed by atoms with van der Waals surface area (Å²) in [6.45, 7) is 4.24. The first-order valence-corrected chi connectivity index (χ1v) is 15.8. The van der Waals surface area contributed by atoms with Crippen LogP contribution in [0.1, 0.15) is 36.1 Å². The number of benzene rings is 4. The Balaban J connectivity index is 1.23. The van der Waals surface area contributed by atoms with Crippen LogP contribution in [-0.2, 0) is 29.3 Å². The van der Waals surface area contributed by atoms with Gasteiger partial charge in [-0.25, -0.2) is 0 Å². The van der Waals surface area contributed by atoms with Crippen molar-refractivity contribution in [2.75, 3.05) is 12.3 Å². The second kappa shape index (κ2) is 11.0. The second-order valence-corrected chi connectivity index (χ2v) is 12.7. The fourth-order valence-electron chi connectivity index (χ4n) is 5.60. The predicted molar refractivity (Wildman–Crippen MR) is 154 cm³/mol. The van der Waals surface area contributed by atoms with Crippen molar-refractivity contribution in [2.24, 2.45) is 0 Å². The van der Waals surface area contributed by atoms with Crippen molar-refractivity contribution >= 4 is 16.8 Å². The molecule has 4 atom stereocenters. The van der Waals surface area contributed by atoms with Gasteiger partial charge in [0.1, 0.15) is 0 Å². The molecule has 0 spiro atoms. The highest BCUT2D eigenvalue weighted by Crippen LogP contribution is 2.64. The molecule has 0 saturated carbocycles. The molecular weight excluding hydrogens is 510 g/mol. The van der Waals surface area contributed by atoms with E-state index in [0.717, 1.165) is 34.6 Å². The third-order valence-electron chi connectivity index (χ3n) is 7.46. The molecule has 194 valence electrons. The molecule has 0 bridgehead atoms. The van der Waals surface area contributed by atoms with Crippen molar-refractivity contribution in [2.45, 2.75) is 37.3 Å². The molecule has 2 saturated heterocycles. The molecule has 6 heteroatoms. The molecule has 2 aliphatic heterocycles. The molecule has 0 amide bonds. The topological polar surface area (TPSA) is 36.9 Å². The zero-order chi connectivity index (χ0) is 26.0. The van der Waals surface area contributed by atoms with E-state index in [0.29, 0.717) is 0 Å². The first-order valence-electron chi connectivity index (χ1n) is 13.1. The molecule has 38 heavy (non-hydrogen) atoms. The van der Waals surface area contributed by atoms with Gasteiger partial charge in [-0.15, -0.1) is 0 Å². The van der Waals surface area contributed by atoms with Crippen LogP contribution in [0.25, 0.3) is 0 Å². The van der Waals surface area contributed by atoms with Gasteiger partial charge in [-0.05, 0) is 36.1 Å². The molecule has 0 aromatic heterocycles. The zero-order valence-corrected chi connectivity index (χ0v) is 23.4. The molecule has 0 unspecified atom stereocenters. The number of rotatable bonds is 7. The van der Waals surface area contributed by atoms with Crippen LogP contribution in [0.3, 0.4) is 0 Å². The highest BCUT2D eigenvalue weighted by molar-refractivity contribution is 7.52. The summed E-state index contributed by atoms with van der Waals surface area (Å²) in [5, 5.41) is 0. The van der Waals surface area contributed by atoms with E-state index in [1.807, 2.05) is 24.3 Å². The normalized spacial score (nSPS) is 25.8. The number of hydrogen-bond donors (Lipinski definition) is 0. The Morgan fingerprint density at radius 2 is 0.737 bits per heavy atom.